The Bertz CT molecular complexity index is 6040. The highest BCUT2D eigenvalue weighted by Crippen LogP contribution is 2.46. The summed E-state index contributed by atoms with van der Waals surface area (Å²) in [5, 5.41) is 30.3. The van der Waals surface area contributed by atoms with Gasteiger partial charge in [-0.05, 0) is 180 Å². The van der Waals surface area contributed by atoms with E-state index in [1.165, 1.54) is 0 Å². The maximum atomic E-state index is 13.9. The van der Waals surface area contributed by atoms with Crippen molar-refractivity contribution in [3.05, 3.63) is 165 Å². The van der Waals surface area contributed by atoms with Crippen molar-refractivity contribution in [1.29, 1.82) is 0 Å². The molecule has 0 fully saturated rings. The molecule has 0 aliphatic carbocycles. The number of anilines is 8. The molecule has 0 bridgehead atoms. The fraction of sp³-hybridized carbons (Fsp3) is 0.435. The van der Waals surface area contributed by atoms with Gasteiger partial charge in [0.2, 0.25) is 47.4 Å². The largest absolute Gasteiger partial charge is 0.385 e. The second kappa shape index (κ2) is 38.9. The van der Waals surface area contributed by atoms with Gasteiger partial charge in [-0.15, -0.1) is 0 Å². The third kappa shape index (κ3) is 18.3. The van der Waals surface area contributed by atoms with Crippen molar-refractivity contribution < 1.29 is 47.8 Å². The van der Waals surface area contributed by atoms with Crippen LogP contribution in [0.15, 0.2) is 97.1 Å². The first-order valence-corrected chi connectivity index (χ1v) is 44.8. The summed E-state index contributed by atoms with van der Waals surface area (Å²) in [6.45, 7) is 27.7. The molecule has 8 amide bonds. The Labute approximate surface area is 751 Å². The first kappa shape index (κ1) is 90.7. The van der Waals surface area contributed by atoms with Crippen LogP contribution in [0.3, 0.4) is 0 Å². The Kier molecular flexibility index (Phi) is 27.1. The van der Waals surface area contributed by atoms with Crippen molar-refractivity contribution in [2.45, 2.75) is 184 Å². The van der Waals surface area contributed by atoms with Crippen LogP contribution in [0.5, 0.6) is 0 Å². The van der Waals surface area contributed by atoms with Gasteiger partial charge in [-0.2, -0.15) is 20.4 Å². The second-order valence-electron chi connectivity index (χ2n) is 33.6. The molecule has 0 spiro atoms. The predicted molar refractivity (Wildman–Crippen MR) is 500 cm³/mol. The Morgan fingerprint density at radius 2 is 0.569 bits per heavy atom. The number of allylic oxidation sites excluding steroid dienone is 4. The first-order valence-electron chi connectivity index (χ1n) is 44.8. The van der Waals surface area contributed by atoms with E-state index in [0.717, 1.165) is 119 Å². The molecule has 4 aromatic carbocycles. The Morgan fingerprint density at radius 1 is 0.346 bits per heavy atom. The van der Waals surface area contributed by atoms with Crippen LogP contribution in [0.25, 0.3) is 44.1 Å². The average Bonchev–Trinajstić information content (AvgIpc) is 1.60. The van der Waals surface area contributed by atoms with Gasteiger partial charge in [0.15, 0.2) is 0 Å². The number of ether oxygens (including phenoxy) is 2. The van der Waals surface area contributed by atoms with E-state index in [0.29, 0.717) is 195 Å². The third-order valence-electron chi connectivity index (χ3n) is 24.5. The minimum Gasteiger partial charge on any atom is -0.385 e. The minimum atomic E-state index is -0.569. The summed E-state index contributed by atoms with van der Waals surface area (Å²) in [5.74, 6) is -2.15. The highest BCUT2D eigenvalue weighted by molar-refractivity contribution is 6.10. The maximum absolute atomic E-state index is 13.9. The number of carbonyl (C=O) groups is 8. The van der Waals surface area contributed by atoms with Crippen molar-refractivity contribution >= 4 is 138 Å². The number of aromatic nitrogens is 16. The number of benzene rings is 4. The number of amides is 8. The number of carbonyl (C=O) groups excluding carboxylic acids is 8. The number of nitrogens with one attached hydrogen (secondary N) is 4. The van der Waals surface area contributed by atoms with Gasteiger partial charge in [0, 0.05) is 128 Å². The summed E-state index contributed by atoms with van der Waals surface area (Å²) < 4.78 is 25.8. The van der Waals surface area contributed by atoms with Crippen molar-refractivity contribution in [2.75, 3.05) is 121 Å². The van der Waals surface area contributed by atoms with Gasteiger partial charge >= 0.3 is 0 Å². The van der Waals surface area contributed by atoms with Gasteiger partial charge in [0.1, 0.15) is 22.8 Å². The van der Waals surface area contributed by atoms with Gasteiger partial charge in [-0.3, -0.25) is 78.4 Å². The summed E-state index contributed by atoms with van der Waals surface area (Å²) in [5.41, 5.74) is 38.0. The lowest BCUT2D eigenvalue weighted by Gasteiger charge is -2.37. The fourth-order valence-corrected chi connectivity index (χ4v) is 18.5. The van der Waals surface area contributed by atoms with Crippen molar-refractivity contribution in [3.63, 3.8) is 0 Å². The van der Waals surface area contributed by atoms with Crippen LogP contribution in [-0.2, 0) is 35.7 Å². The quantitative estimate of drug-likeness (QED) is 0.0132. The number of nitrogens with two attached hydrogens (primary N) is 4. The topological polar surface area (TPSA) is 463 Å². The molecular weight excluding hydrogens is 1660 g/mol. The number of nitrogens with zero attached hydrogens (tertiary/aromatic N) is 20. The minimum absolute atomic E-state index is 0.153. The molecular formula is C92H116N28O10. The first-order chi connectivity index (χ1) is 62.7. The molecule has 0 saturated heterocycles. The van der Waals surface area contributed by atoms with Crippen LogP contribution < -0.4 is 63.8 Å². The Hall–Kier alpha value is -14.0. The van der Waals surface area contributed by atoms with Crippen LogP contribution in [0, 0.1) is 27.7 Å². The summed E-state index contributed by atoms with van der Waals surface area (Å²) in [6.07, 6.45) is 16.3. The monoisotopic (exact) mass is 1770 g/mol. The highest BCUT2D eigenvalue weighted by atomic mass is 16.5. The molecule has 4 atom stereocenters. The molecule has 12 aromatic rings. The van der Waals surface area contributed by atoms with Crippen LogP contribution >= 0.6 is 0 Å². The normalized spacial score (nSPS) is 15.7. The molecule has 16 rings (SSSR count). The van der Waals surface area contributed by atoms with E-state index in [1.54, 1.807) is 93.6 Å². The molecule has 0 unspecified atom stereocenters. The lowest BCUT2D eigenvalue weighted by atomic mass is 10.0. The molecule has 38 heteroatoms. The summed E-state index contributed by atoms with van der Waals surface area (Å²) in [7, 11) is 3.35. The summed E-state index contributed by atoms with van der Waals surface area (Å²) in [6, 6.07) is 20.4. The molecule has 684 valence electrons. The number of unbranched alkanes of at least 4 members (excludes halogenated alkanes) is 2. The SMILES string of the molecule is CCCCN1C[C@H](C/C=C/C[C@H]2CN(CCCOC)c3cc(C(N)=O)cc4nc(NC(=O)c5cc(C)nn5CC)n2c34)n2c(NC(=O)c3cc(C)nn3CC)nc3cc(C(N)=O)cc1c32.CCCCN1C[C@H](C/C=C\C[C@H]2CN(CCCOC)c3cc(C(N)=O)cc4nc(NC(=O)c5cc(C)nn5CC)n2c34)n2c(NC(=O)c3cc(C)nn3CC)nc3cc(C(N)=O)cc1c32. The second-order valence-corrected chi connectivity index (χ2v) is 33.6. The Morgan fingerprint density at radius 3 is 0.769 bits per heavy atom. The van der Waals surface area contributed by atoms with Gasteiger partial charge < -0.3 is 70.3 Å². The molecule has 8 aromatic heterocycles. The zero-order chi connectivity index (χ0) is 92.2. The van der Waals surface area contributed by atoms with Crippen molar-refractivity contribution in [2.24, 2.45) is 22.9 Å². The van der Waals surface area contributed by atoms with E-state index in [4.69, 9.17) is 52.3 Å². The smallest absolute Gasteiger partial charge is 0.276 e. The van der Waals surface area contributed by atoms with Gasteiger partial charge in [-0.1, -0.05) is 51.0 Å². The van der Waals surface area contributed by atoms with Crippen molar-refractivity contribution in [3.8, 4) is 0 Å². The predicted octanol–water partition coefficient (Wildman–Crippen LogP) is 11.5. The maximum Gasteiger partial charge on any atom is 0.276 e. The van der Waals surface area contributed by atoms with Crippen LogP contribution in [0.2, 0.25) is 0 Å². The lowest BCUT2D eigenvalue weighted by molar-refractivity contribution is 0.0992. The van der Waals surface area contributed by atoms with Crippen LogP contribution in [0.1, 0.15) is 236 Å². The molecule has 4 aliphatic rings. The molecule has 0 radical (unpaired) electrons. The molecule has 130 heavy (non-hydrogen) atoms. The van der Waals surface area contributed by atoms with E-state index in [2.05, 4.69) is 118 Å². The number of hydrogen-bond acceptors (Lipinski definition) is 22. The average molecular weight is 1770 g/mol. The van der Waals surface area contributed by atoms with E-state index in [-0.39, 0.29) is 47.8 Å². The summed E-state index contributed by atoms with van der Waals surface area (Å²) >= 11 is 0. The molecule has 4 aliphatic heterocycles. The lowest BCUT2D eigenvalue weighted by Crippen LogP contribution is -2.37. The van der Waals surface area contributed by atoms with E-state index in [1.807, 2.05) is 67.5 Å². The summed E-state index contributed by atoms with van der Waals surface area (Å²) in [4.78, 5) is 135. The van der Waals surface area contributed by atoms with E-state index in [9.17, 15) is 38.4 Å². The van der Waals surface area contributed by atoms with Crippen molar-refractivity contribution in [1.82, 2.24) is 77.3 Å². The molecule has 0 saturated carbocycles. The zero-order valence-electron chi connectivity index (χ0n) is 75.9. The van der Waals surface area contributed by atoms with Gasteiger partial charge in [-0.25, -0.2) is 19.9 Å². The zero-order valence-corrected chi connectivity index (χ0v) is 75.9. The number of hydrogen-bond donors (Lipinski definition) is 8. The standard InChI is InChI=1S/2C46H58N14O5/c2*1-7-10-16-55-25-31(59-39-33(21-29(41(47)61)23-35(39)55)49-45(59)51-43(63)37-19-27(4)53-57(37)8-2)14-11-12-15-32-26-56(17-13-18-65-6)36-24-30(42(48)62)22-34-40(36)60(32)46(50-34)52-44(64)38-20-28(5)54-58(38)9-3/h2*11-12,19-24,31-32H,7-10,13-18,25-26H2,1-6H3,(H2,47,61)(H2,48,62)(H,49,51,63)(H,50,52,64)/b12-11+;12-11-/t2*31-,32-/m00/s1. The number of methoxy groups -OCH3 is 2. The fourth-order valence-electron chi connectivity index (χ4n) is 18.5. The van der Waals surface area contributed by atoms with Crippen LogP contribution in [-0.4, -0.2) is 204 Å². The third-order valence-corrected chi connectivity index (χ3v) is 24.5. The van der Waals surface area contributed by atoms with Gasteiger partial charge in [0.05, 0.1) is 114 Å². The number of primary amides is 4. The Balaban J connectivity index is 0.000000199. The molecule has 12 heterocycles. The van der Waals surface area contributed by atoms with E-state index < -0.39 is 23.6 Å². The molecule has 38 nitrogen and oxygen atoms in total. The highest BCUT2D eigenvalue weighted by Gasteiger charge is 2.38. The van der Waals surface area contributed by atoms with Crippen LogP contribution in [0.4, 0.5) is 46.5 Å². The number of rotatable bonds is 38. The molecule has 12 N–H and O–H groups in total. The van der Waals surface area contributed by atoms with E-state index >= 15 is 0 Å². The van der Waals surface area contributed by atoms with Gasteiger partial charge in [0.25, 0.3) is 23.6 Å². The number of imidazole rings is 4. The number of aryl methyl sites for hydroxylation is 8.